The fourth-order valence-corrected chi connectivity index (χ4v) is 4.36. The van der Waals surface area contributed by atoms with E-state index in [0.29, 0.717) is 28.3 Å². The standard InChI is InChI=1S/C22H21N3O6S/c1-15-7-10-17(23-22(26)13-16-8-11-18(12-9-16)25(27)28)14-21(15)32(29,30)24-19-5-3-4-6-20(19)31-2/h3-12,14,24H,13H2,1-2H3,(H,23,26). The number of anilines is 2. The number of rotatable bonds is 8. The van der Waals surface area contributed by atoms with E-state index in [1.807, 2.05) is 0 Å². The van der Waals surface area contributed by atoms with Gasteiger partial charge in [0.1, 0.15) is 5.75 Å². The Morgan fingerprint density at radius 2 is 1.75 bits per heavy atom. The molecule has 1 amide bonds. The minimum atomic E-state index is -3.95. The van der Waals surface area contributed by atoms with Gasteiger partial charge in [-0.2, -0.15) is 0 Å². The Morgan fingerprint density at radius 3 is 2.41 bits per heavy atom. The lowest BCUT2D eigenvalue weighted by molar-refractivity contribution is -0.384. The SMILES string of the molecule is COc1ccccc1NS(=O)(=O)c1cc(NC(=O)Cc2ccc([N+](=O)[O-])cc2)ccc1C. The van der Waals surface area contributed by atoms with Crippen LogP contribution in [0.5, 0.6) is 5.75 Å². The van der Waals surface area contributed by atoms with Crippen molar-refractivity contribution in [2.45, 2.75) is 18.2 Å². The van der Waals surface area contributed by atoms with Crippen molar-refractivity contribution in [3.05, 3.63) is 88.0 Å². The maximum atomic E-state index is 13.0. The molecular formula is C22H21N3O6S. The largest absolute Gasteiger partial charge is 0.495 e. The van der Waals surface area contributed by atoms with Crippen LogP contribution in [0.4, 0.5) is 17.1 Å². The summed E-state index contributed by atoms with van der Waals surface area (Å²) in [6, 6.07) is 16.8. The van der Waals surface area contributed by atoms with Crippen molar-refractivity contribution in [3.63, 3.8) is 0 Å². The first-order chi connectivity index (χ1) is 15.2. The van der Waals surface area contributed by atoms with Gasteiger partial charge in [-0.1, -0.05) is 30.3 Å². The molecule has 3 rings (SSSR count). The number of benzene rings is 3. The minimum Gasteiger partial charge on any atom is -0.495 e. The molecule has 10 heteroatoms. The molecule has 3 aromatic carbocycles. The van der Waals surface area contributed by atoms with Crippen molar-refractivity contribution >= 4 is 33.0 Å². The van der Waals surface area contributed by atoms with Crippen molar-refractivity contribution in [2.75, 3.05) is 17.1 Å². The molecule has 0 aromatic heterocycles. The first kappa shape index (κ1) is 22.8. The molecule has 0 aliphatic carbocycles. The summed E-state index contributed by atoms with van der Waals surface area (Å²) in [4.78, 5) is 22.6. The number of ether oxygens (including phenoxy) is 1. The van der Waals surface area contributed by atoms with Crippen LogP contribution in [0.25, 0.3) is 0 Å². The summed E-state index contributed by atoms with van der Waals surface area (Å²) in [5.41, 5.74) is 1.63. The van der Waals surface area contributed by atoms with Crippen molar-refractivity contribution in [1.29, 1.82) is 0 Å². The molecular weight excluding hydrogens is 434 g/mol. The van der Waals surface area contributed by atoms with E-state index < -0.39 is 14.9 Å². The summed E-state index contributed by atoms with van der Waals surface area (Å²) in [6.45, 7) is 1.65. The van der Waals surface area contributed by atoms with Crippen molar-refractivity contribution in [3.8, 4) is 5.75 Å². The summed E-state index contributed by atoms with van der Waals surface area (Å²) in [5.74, 6) is -0.00924. The van der Waals surface area contributed by atoms with Gasteiger partial charge in [-0.05, 0) is 42.3 Å². The highest BCUT2D eigenvalue weighted by Gasteiger charge is 2.20. The zero-order valence-corrected chi connectivity index (χ0v) is 18.2. The van der Waals surface area contributed by atoms with Crippen LogP contribution in [0, 0.1) is 17.0 Å². The summed E-state index contributed by atoms with van der Waals surface area (Å²) >= 11 is 0. The maximum Gasteiger partial charge on any atom is 0.269 e. The van der Waals surface area contributed by atoms with Crippen LogP contribution in [0.2, 0.25) is 0 Å². The zero-order valence-electron chi connectivity index (χ0n) is 17.4. The second-order valence-corrected chi connectivity index (χ2v) is 8.59. The van der Waals surface area contributed by atoms with E-state index in [4.69, 9.17) is 4.74 Å². The summed E-state index contributed by atoms with van der Waals surface area (Å²) in [5, 5.41) is 13.4. The lowest BCUT2D eigenvalue weighted by Gasteiger charge is -2.14. The van der Waals surface area contributed by atoms with Crippen LogP contribution in [0.3, 0.4) is 0 Å². The summed E-state index contributed by atoms with van der Waals surface area (Å²) < 4.78 is 33.6. The first-order valence-electron chi connectivity index (χ1n) is 9.49. The van der Waals surface area contributed by atoms with Crippen LogP contribution in [0.15, 0.2) is 71.6 Å². The van der Waals surface area contributed by atoms with Gasteiger partial charge in [0, 0.05) is 17.8 Å². The third kappa shape index (κ3) is 5.41. The normalized spacial score (nSPS) is 10.9. The monoisotopic (exact) mass is 455 g/mol. The van der Waals surface area contributed by atoms with Gasteiger partial charge in [-0.15, -0.1) is 0 Å². The van der Waals surface area contributed by atoms with Gasteiger partial charge < -0.3 is 10.1 Å². The van der Waals surface area contributed by atoms with Gasteiger partial charge in [0.25, 0.3) is 15.7 Å². The molecule has 32 heavy (non-hydrogen) atoms. The van der Waals surface area contributed by atoms with Crippen LogP contribution in [-0.4, -0.2) is 26.4 Å². The number of hydrogen-bond donors (Lipinski definition) is 2. The van der Waals surface area contributed by atoms with E-state index >= 15 is 0 Å². The third-order valence-electron chi connectivity index (χ3n) is 4.62. The lowest BCUT2D eigenvalue weighted by Crippen LogP contribution is -2.17. The number of hydrogen-bond acceptors (Lipinski definition) is 6. The number of carbonyl (C=O) groups is 1. The smallest absolute Gasteiger partial charge is 0.269 e. The second kappa shape index (κ2) is 9.48. The average molecular weight is 455 g/mol. The predicted octanol–water partition coefficient (Wildman–Crippen LogP) is 3.89. The minimum absolute atomic E-state index is 0.0107. The lowest BCUT2D eigenvalue weighted by atomic mass is 10.1. The van der Waals surface area contributed by atoms with Crippen molar-refractivity contribution < 1.29 is 22.9 Å². The molecule has 0 heterocycles. The number of non-ortho nitro benzene ring substituents is 1. The van der Waals surface area contributed by atoms with E-state index in [1.165, 1.54) is 37.4 Å². The van der Waals surface area contributed by atoms with E-state index in [-0.39, 0.29) is 22.9 Å². The molecule has 0 atom stereocenters. The van der Waals surface area contributed by atoms with Crippen LogP contribution < -0.4 is 14.8 Å². The molecule has 0 unspecified atom stereocenters. The fraction of sp³-hybridized carbons (Fsp3) is 0.136. The van der Waals surface area contributed by atoms with E-state index in [2.05, 4.69) is 10.0 Å². The Balaban J connectivity index is 1.77. The number of methoxy groups -OCH3 is 1. The summed E-state index contributed by atoms with van der Waals surface area (Å²) in [7, 11) is -2.51. The highest BCUT2D eigenvalue weighted by molar-refractivity contribution is 7.92. The molecule has 0 aliphatic rings. The van der Waals surface area contributed by atoms with E-state index in [0.717, 1.165) is 0 Å². The molecule has 9 nitrogen and oxygen atoms in total. The molecule has 0 bridgehead atoms. The zero-order chi connectivity index (χ0) is 23.3. The Labute approximate surface area is 185 Å². The maximum absolute atomic E-state index is 13.0. The van der Waals surface area contributed by atoms with Gasteiger partial charge >= 0.3 is 0 Å². The molecule has 0 saturated carbocycles. The van der Waals surface area contributed by atoms with Crippen LogP contribution in [0.1, 0.15) is 11.1 Å². The Kier molecular flexibility index (Phi) is 6.74. The number of nitro benzene ring substituents is 1. The molecule has 0 saturated heterocycles. The number of para-hydroxylation sites is 2. The van der Waals surface area contributed by atoms with Crippen LogP contribution >= 0.6 is 0 Å². The second-order valence-electron chi connectivity index (χ2n) is 6.93. The highest BCUT2D eigenvalue weighted by atomic mass is 32.2. The number of aryl methyl sites for hydroxylation is 1. The van der Waals surface area contributed by atoms with Gasteiger partial charge in [0.15, 0.2) is 0 Å². The van der Waals surface area contributed by atoms with Crippen molar-refractivity contribution in [1.82, 2.24) is 0 Å². The number of nitrogens with zero attached hydrogens (tertiary/aromatic N) is 1. The average Bonchev–Trinajstić information content (AvgIpc) is 2.75. The molecule has 0 radical (unpaired) electrons. The highest BCUT2D eigenvalue weighted by Crippen LogP contribution is 2.28. The Bertz CT molecular complexity index is 1260. The predicted molar refractivity (Wildman–Crippen MR) is 120 cm³/mol. The van der Waals surface area contributed by atoms with Gasteiger partial charge in [-0.3, -0.25) is 19.6 Å². The number of carbonyl (C=O) groups excluding carboxylic acids is 1. The number of nitro groups is 1. The number of amides is 1. The number of nitrogens with one attached hydrogen (secondary N) is 2. The van der Waals surface area contributed by atoms with Crippen molar-refractivity contribution in [2.24, 2.45) is 0 Å². The van der Waals surface area contributed by atoms with E-state index in [9.17, 15) is 23.3 Å². The molecule has 166 valence electrons. The molecule has 0 fully saturated rings. The topological polar surface area (TPSA) is 128 Å². The third-order valence-corrected chi connectivity index (χ3v) is 6.13. The summed E-state index contributed by atoms with van der Waals surface area (Å²) in [6.07, 6.45) is -0.0204. The first-order valence-corrected chi connectivity index (χ1v) is 11.0. The number of sulfonamides is 1. The van der Waals surface area contributed by atoms with E-state index in [1.54, 1.807) is 43.3 Å². The van der Waals surface area contributed by atoms with Gasteiger partial charge in [-0.25, -0.2) is 8.42 Å². The Morgan fingerprint density at radius 1 is 1.06 bits per heavy atom. The fourth-order valence-electron chi connectivity index (χ4n) is 3.02. The van der Waals surface area contributed by atoms with Gasteiger partial charge in [0.2, 0.25) is 5.91 Å². The Hall–Kier alpha value is -3.92. The molecule has 0 aliphatic heterocycles. The molecule has 3 aromatic rings. The van der Waals surface area contributed by atoms with Gasteiger partial charge in [0.05, 0.1) is 29.0 Å². The molecule has 0 spiro atoms. The quantitative estimate of drug-likeness (QED) is 0.392. The molecule has 2 N–H and O–H groups in total. The van der Waals surface area contributed by atoms with Crippen LogP contribution in [-0.2, 0) is 21.2 Å².